The van der Waals surface area contributed by atoms with Crippen LogP contribution in [0, 0.1) is 12.8 Å². The van der Waals surface area contributed by atoms with Crippen molar-refractivity contribution in [2.45, 2.75) is 30.7 Å². The summed E-state index contributed by atoms with van der Waals surface area (Å²) in [6, 6.07) is 3.94. The molecule has 0 radical (unpaired) electrons. The lowest BCUT2D eigenvalue weighted by Gasteiger charge is -2.22. The average Bonchev–Trinajstić information content (AvgIpc) is 2.41. The monoisotopic (exact) mass is 329 g/mol. The first-order chi connectivity index (χ1) is 9.79. The first-order valence-corrected chi connectivity index (χ1v) is 8.33. The topological polar surface area (TPSA) is 83.5 Å². The van der Waals surface area contributed by atoms with E-state index in [1.54, 1.807) is 19.1 Å². The molecule has 0 heterocycles. The maximum atomic E-state index is 12.3. The minimum absolute atomic E-state index is 0.121. The van der Waals surface area contributed by atoms with Crippen molar-refractivity contribution in [1.82, 2.24) is 4.72 Å². The van der Waals surface area contributed by atoms with Crippen molar-refractivity contribution >= 4 is 27.6 Å². The van der Waals surface area contributed by atoms with Crippen molar-refractivity contribution < 1.29 is 18.3 Å². The number of carbonyl (C=O) groups is 1. The molecule has 2 N–H and O–H groups in total. The maximum Gasteiger partial charge on any atom is 0.306 e. The van der Waals surface area contributed by atoms with E-state index in [9.17, 15) is 13.2 Å². The molecule has 1 aromatic carbocycles. The number of hydrogen-bond acceptors (Lipinski definition) is 3. The second-order valence-corrected chi connectivity index (χ2v) is 7.19. The molecule has 0 aliphatic heterocycles. The largest absolute Gasteiger partial charge is 0.481 e. The predicted octanol–water partition coefficient (Wildman–Crippen LogP) is 2.35. The normalized spacial score (nSPS) is 22.2. The van der Waals surface area contributed by atoms with Gasteiger partial charge in [0, 0.05) is 11.1 Å². The van der Waals surface area contributed by atoms with E-state index in [1.165, 1.54) is 18.2 Å². The van der Waals surface area contributed by atoms with E-state index in [4.69, 9.17) is 16.7 Å². The van der Waals surface area contributed by atoms with Crippen LogP contribution in [0.3, 0.4) is 0 Å². The Balaban J connectivity index is 2.17. The molecule has 0 saturated heterocycles. The predicted molar refractivity (Wildman–Crippen MR) is 79.8 cm³/mol. The molecule has 0 bridgehead atoms. The van der Waals surface area contributed by atoms with Crippen LogP contribution in [0.4, 0.5) is 0 Å². The van der Waals surface area contributed by atoms with E-state index < -0.39 is 28.0 Å². The Labute approximate surface area is 128 Å². The molecule has 1 aliphatic carbocycles. The molecule has 0 unspecified atom stereocenters. The van der Waals surface area contributed by atoms with Gasteiger partial charge in [-0.15, -0.1) is 0 Å². The number of carboxylic acid groups (broad SMARTS) is 1. The third-order valence-corrected chi connectivity index (χ3v) is 5.33. The minimum Gasteiger partial charge on any atom is -0.481 e. The standard InChI is InChI=1S/C14H16ClNO4S/c1-9-7-12(5-6-13(9)15)21(19,20)16-11-4-2-3-10(8-11)14(17)18/h2,4-7,10-11,16H,3,8H2,1H3,(H,17,18)/t10-,11-/m0/s1. The smallest absolute Gasteiger partial charge is 0.306 e. The van der Waals surface area contributed by atoms with Crippen LogP contribution in [0.2, 0.25) is 5.02 Å². The summed E-state index contributed by atoms with van der Waals surface area (Å²) in [5, 5.41) is 9.51. The molecule has 0 aromatic heterocycles. The van der Waals surface area contributed by atoms with Gasteiger partial charge in [0.15, 0.2) is 0 Å². The van der Waals surface area contributed by atoms with Crippen LogP contribution in [0.1, 0.15) is 18.4 Å². The Morgan fingerprint density at radius 3 is 2.76 bits per heavy atom. The van der Waals surface area contributed by atoms with Crippen molar-refractivity contribution in [2.24, 2.45) is 5.92 Å². The third-order valence-electron chi connectivity index (χ3n) is 3.42. The van der Waals surface area contributed by atoms with Crippen LogP contribution < -0.4 is 4.72 Å². The van der Waals surface area contributed by atoms with Crippen LogP contribution in [0.25, 0.3) is 0 Å². The van der Waals surface area contributed by atoms with E-state index in [0.29, 0.717) is 17.0 Å². The highest BCUT2D eigenvalue weighted by Crippen LogP contribution is 2.23. The van der Waals surface area contributed by atoms with Crippen LogP contribution in [0.5, 0.6) is 0 Å². The van der Waals surface area contributed by atoms with Gasteiger partial charge in [0.05, 0.1) is 10.8 Å². The summed E-state index contributed by atoms with van der Waals surface area (Å²) in [5.41, 5.74) is 0.669. The van der Waals surface area contributed by atoms with Gasteiger partial charge in [0.2, 0.25) is 10.0 Å². The van der Waals surface area contributed by atoms with Crippen LogP contribution in [-0.4, -0.2) is 25.5 Å². The second kappa shape index (κ2) is 6.17. The molecular weight excluding hydrogens is 314 g/mol. The second-order valence-electron chi connectivity index (χ2n) is 5.07. The zero-order valence-electron chi connectivity index (χ0n) is 11.4. The molecule has 7 heteroatoms. The number of nitrogens with one attached hydrogen (secondary N) is 1. The SMILES string of the molecule is Cc1cc(S(=O)(=O)N[C@H]2C=CC[C@H](C(=O)O)C2)ccc1Cl. The van der Waals surface area contributed by atoms with Gasteiger partial charge >= 0.3 is 5.97 Å². The highest BCUT2D eigenvalue weighted by molar-refractivity contribution is 7.89. The number of aliphatic carboxylic acids is 1. The number of carboxylic acids is 1. The number of halogens is 1. The fraction of sp³-hybridized carbons (Fsp3) is 0.357. The fourth-order valence-corrected chi connectivity index (χ4v) is 3.64. The van der Waals surface area contributed by atoms with E-state index in [2.05, 4.69) is 4.72 Å². The van der Waals surface area contributed by atoms with E-state index >= 15 is 0 Å². The Bertz CT molecular complexity index is 684. The van der Waals surface area contributed by atoms with Gasteiger partial charge in [-0.1, -0.05) is 23.8 Å². The number of rotatable bonds is 4. The molecule has 1 aromatic rings. The Hall–Kier alpha value is -1.37. The summed E-state index contributed by atoms with van der Waals surface area (Å²) in [7, 11) is -3.70. The lowest BCUT2D eigenvalue weighted by molar-refractivity contribution is -0.142. The Morgan fingerprint density at radius 2 is 2.14 bits per heavy atom. The van der Waals surface area contributed by atoms with Gasteiger partial charge in [-0.3, -0.25) is 4.79 Å². The van der Waals surface area contributed by atoms with Gasteiger partial charge in [0.1, 0.15) is 0 Å². The van der Waals surface area contributed by atoms with Crippen LogP contribution >= 0.6 is 11.6 Å². The molecule has 21 heavy (non-hydrogen) atoms. The molecule has 114 valence electrons. The highest BCUT2D eigenvalue weighted by atomic mass is 35.5. The first-order valence-electron chi connectivity index (χ1n) is 6.47. The summed E-state index contributed by atoms with van der Waals surface area (Å²) in [4.78, 5) is 11.1. The van der Waals surface area contributed by atoms with Gasteiger partial charge in [0.25, 0.3) is 0 Å². The van der Waals surface area contributed by atoms with Gasteiger partial charge in [-0.05, 0) is 43.5 Å². The summed E-state index contributed by atoms with van der Waals surface area (Å²) >= 11 is 5.88. The lowest BCUT2D eigenvalue weighted by atomic mass is 9.92. The van der Waals surface area contributed by atoms with E-state index in [1.807, 2.05) is 0 Å². The summed E-state index contributed by atoms with van der Waals surface area (Å²) < 4.78 is 27.1. The average molecular weight is 330 g/mol. The molecule has 5 nitrogen and oxygen atoms in total. The zero-order valence-corrected chi connectivity index (χ0v) is 13.0. The number of benzene rings is 1. The summed E-state index contributed by atoms with van der Waals surface area (Å²) in [6.07, 6.45) is 4.06. The molecule has 1 aliphatic rings. The van der Waals surface area contributed by atoms with Gasteiger partial charge in [-0.2, -0.15) is 0 Å². The van der Waals surface area contributed by atoms with Crippen LogP contribution in [-0.2, 0) is 14.8 Å². The summed E-state index contributed by atoms with van der Waals surface area (Å²) in [6.45, 7) is 1.72. The molecule has 2 atom stereocenters. The number of hydrogen-bond donors (Lipinski definition) is 2. The first kappa shape index (κ1) is 16.0. The molecule has 2 rings (SSSR count). The lowest BCUT2D eigenvalue weighted by Crippen LogP contribution is -2.37. The van der Waals surface area contributed by atoms with Gasteiger partial charge in [-0.25, -0.2) is 13.1 Å². The fourth-order valence-electron chi connectivity index (χ4n) is 2.23. The van der Waals surface area contributed by atoms with Crippen molar-refractivity contribution in [3.8, 4) is 0 Å². The van der Waals surface area contributed by atoms with Crippen molar-refractivity contribution in [3.05, 3.63) is 40.9 Å². The number of allylic oxidation sites excluding steroid dienone is 1. The third kappa shape index (κ3) is 3.84. The number of sulfonamides is 1. The van der Waals surface area contributed by atoms with Crippen LogP contribution in [0.15, 0.2) is 35.2 Å². The maximum absolute atomic E-state index is 12.3. The molecule has 0 amide bonds. The number of aryl methyl sites for hydroxylation is 1. The quantitative estimate of drug-likeness (QED) is 0.830. The Kier molecular flexibility index (Phi) is 4.70. The van der Waals surface area contributed by atoms with E-state index in [-0.39, 0.29) is 11.3 Å². The molecule has 0 spiro atoms. The molecular formula is C14H16ClNO4S. The molecule has 0 fully saturated rings. The molecule has 0 saturated carbocycles. The Morgan fingerprint density at radius 1 is 1.43 bits per heavy atom. The van der Waals surface area contributed by atoms with Crippen molar-refractivity contribution in [2.75, 3.05) is 0 Å². The van der Waals surface area contributed by atoms with E-state index in [0.717, 1.165) is 0 Å². The summed E-state index contributed by atoms with van der Waals surface area (Å²) in [5.74, 6) is -1.47. The van der Waals surface area contributed by atoms with Crippen molar-refractivity contribution in [3.63, 3.8) is 0 Å². The highest BCUT2D eigenvalue weighted by Gasteiger charge is 2.27. The minimum atomic E-state index is -3.70. The zero-order chi connectivity index (χ0) is 15.6. The van der Waals surface area contributed by atoms with Crippen molar-refractivity contribution in [1.29, 1.82) is 0 Å². The van der Waals surface area contributed by atoms with Gasteiger partial charge < -0.3 is 5.11 Å².